The molecule has 1 aromatic heterocycles. The minimum Gasteiger partial charge on any atom is -0.371 e. The van der Waals surface area contributed by atoms with Crippen molar-refractivity contribution in [1.82, 2.24) is 19.8 Å². The topological polar surface area (TPSA) is 55.8 Å². The summed E-state index contributed by atoms with van der Waals surface area (Å²) in [7, 11) is 0. The second kappa shape index (κ2) is 10.5. The third kappa shape index (κ3) is 5.46. The van der Waals surface area contributed by atoms with E-state index in [1.165, 1.54) is 18.5 Å². The van der Waals surface area contributed by atoms with Crippen molar-refractivity contribution in [3.05, 3.63) is 48.3 Å². The molecule has 0 aliphatic carbocycles. The first-order valence-corrected chi connectivity index (χ1v) is 12.6. The predicted octanol–water partition coefficient (Wildman–Crippen LogP) is 2.82. The molecule has 0 saturated carbocycles. The van der Waals surface area contributed by atoms with Crippen molar-refractivity contribution in [2.45, 2.75) is 44.6 Å². The van der Waals surface area contributed by atoms with E-state index in [1.54, 1.807) is 0 Å². The molecule has 7 heteroatoms. The summed E-state index contributed by atoms with van der Waals surface area (Å²) in [6.07, 6.45) is 10.1. The molecule has 3 saturated heterocycles. The van der Waals surface area contributed by atoms with Gasteiger partial charge in [-0.15, -0.1) is 0 Å². The number of piperidine rings is 1. The number of likely N-dealkylation sites (tertiary alicyclic amines) is 1. The molecule has 3 fully saturated rings. The number of carbonyl (C=O) groups is 1. The van der Waals surface area contributed by atoms with E-state index in [0.29, 0.717) is 12.5 Å². The lowest BCUT2D eigenvalue weighted by atomic mass is 10.0. The van der Waals surface area contributed by atoms with Crippen molar-refractivity contribution in [3.63, 3.8) is 0 Å². The Bertz CT molecular complexity index is 891. The summed E-state index contributed by atoms with van der Waals surface area (Å²) in [6, 6.07) is 11.2. The summed E-state index contributed by atoms with van der Waals surface area (Å²) < 4.78 is 0. The maximum absolute atomic E-state index is 12.4. The number of rotatable bonds is 5. The second-order valence-electron chi connectivity index (χ2n) is 9.57. The lowest BCUT2D eigenvalue weighted by molar-refractivity contribution is -0.129. The van der Waals surface area contributed by atoms with Gasteiger partial charge in [0.15, 0.2) is 0 Å². The zero-order valence-electron chi connectivity index (χ0n) is 19.6. The van der Waals surface area contributed by atoms with Crippen LogP contribution in [0, 0.1) is 0 Å². The van der Waals surface area contributed by atoms with Crippen LogP contribution in [0.2, 0.25) is 0 Å². The molecule has 7 nitrogen and oxygen atoms in total. The van der Waals surface area contributed by atoms with Crippen molar-refractivity contribution in [2.75, 3.05) is 62.2 Å². The van der Waals surface area contributed by atoms with Crippen LogP contribution in [-0.2, 0) is 11.2 Å². The molecule has 0 atom stereocenters. The predicted molar refractivity (Wildman–Crippen MR) is 132 cm³/mol. The van der Waals surface area contributed by atoms with E-state index in [1.807, 2.05) is 23.4 Å². The van der Waals surface area contributed by atoms with Gasteiger partial charge in [0.2, 0.25) is 11.9 Å². The van der Waals surface area contributed by atoms with E-state index in [2.05, 4.69) is 48.9 Å². The molecule has 0 radical (unpaired) electrons. The number of carbonyl (C=O) groups excluding carboxylic acids is 1. The van der Waals surface area contributed by atoms with Crippen LogP contribution < -0.4 is 9.80 Å². The number of hydrogen-bond donors (Lipinski definition) is 0. The van der Waals surface area contributed by atoms with Gasteiger partial charge in [0, 0.05) is 76.5 Å². The zero-order chi connectivity index (χ0) is 22.5. The summed E-state index contributed by atoms with van der Waals surface area (Å²) in [5, 5.41) is 0. The smallest absolute Gasteiger partial charge is 0.226 e. The normalized spacial score (nSPS) is 20.8. The van der Waals surface area contributed by atoms with Crippen LogP contribution in [0.4, 0.5) is 11.6 Å². The number of benzene rings is 1. The molecule has 5 rings (SSSR count). The van der Waals surface area contributed by atoms with E-state index >= 15 is 0 Å². The molecule has 0 unspecified atom stereocenters. The Labute approximate surface area is 197 Å². The Balaban J connectivity index is 1.10. The number of amides is 1. The molecule has 3 aliphatic rings. The third-order valence-electron chi connectivity index (χ3n) is 7.46. The van der Waals surface area contributed by atoms with Crippen molar-refractivity contribution in [2.24, 2.45) is 0 Å². The molecule has 0 N–H and O–H groups in total. The highest BCUT2D eigenvalue weighted by Gasteiger charge is 2.27. The van der Waals surface area contributed by atoms with E-state index in [-0.39, 0.29) is 5.91 Å². The SMILES string of the molecule is O=C(Cc1ccc(N2CCC(N3CCCN(c4ncccn4)CC3)CC2)cc1)N1CCCC1. The standard InChI is InChI=1S/C26H36N6O/c33-25(31-13-1-2-14-31)21-22-5-7-23(8-6-22)30-17-9-24(10-18-30)29-15-4-16-32(20-19-29)26-27-11-3-12-28-26/h3,5-8,11-12,24H,1-2,4,9-10,13-21H2. The quantitative estimate of drug-likeness (QED) is 0.701. The fourth-order valence-corrected chi connectivity index (χ4v) is 5.52. The lowest BCUT2D eigenvalue weighted by Crippen LogP contribution is -2.46. The first kappa shape index (κ1) is 22.1. The fraction of sp³-hybridized carbons (Fsp3) is 0.577. The maximum atomic E-state index is 12.4. The van der Waals surface area contributed by atoms with Crippen molar-refractivity contribution in [3.8, 4) is 0 Å². The van der Waals surface area contributed by atoms with Gasteiger partial charge in [-0.05, 0) is 55.9 Å². The molecule has 3 aliphatic heterocycles. The maximum Gasteiger partial charge on any atom is 0.226 e. The minimum absolute atomic E-state index is 0.274. The minimum atomic E-state index is 0.274. The summed E-state index contributed by atoms with van der Waals surface area (Å²) in [4.78, 5) is 30.8. The van der Waals surface area contributed by atoms with Crippen LogP contribution >= 0.6 is 0 Å². The van der Waals surface area contributed by atoms with Crippen LogP contribution in [0.25, 0.3) is 0 Å². The Morgan fingerprint density at radius 1 is 0.788 bits per heavy atom. The second-order valence-corrected chi connectivity index (χ2v) is 9.57. The average molecular weight is 449 g/mol. The van der Waals surface area contributed by atoms with Gasteiger partial charge in [-0.25, -0.2) is 9.97 Å². The van der Waals surface area contributed by atoms with Gasteiger partial charge < -0.3 is 14.7 Å². The number of anilines is 2. The van der Waals surface area contributed by atoms with Crippen LogP contribution in [0.3, 0.4) is 0 Å². The molecule has 1 aromatic carbocycles. The van der Waals surface area contributed by atoms with Crippen LogP contribution in [-0.4, -0.2) is 84.1 Å². The Hall–Kier alpha value is -2.67. The van der Waals surface area contributed by atoms with E-state index < -0.39 is 0 Å². The molecule has 0 bridgehead atoms. The highest BCUT2D eigenvalue weighted by molar-refractivity contribution is 5.79. The van der Waals surface area contributed by atoms with Gasteiger partial charge in [0.1, 0.15) is 0 Å². The number of hydrogen-bond acceptors (Lipinski definition) is 6. The number of nitrogens with zero attached hydrogens (tertiary/aromatic N) is 6. The van der Waals surface area contributed by atoms with Gasteiger partial charge in [0.05, 0.1) is 6.42 Å². The summed E-state index contributed by atoms with van der Waals surface area (Å²) in [5.41, 5.74) is 2.41. The van der Waals surface area contributed by atoms with E-state index in [0.717, 1.165) is 83.1 Å². The number of aromatic nitrogens is 2. The molecular weight excluding hydrogens is 412 g/mol. The van der Waals surface area contributed by atoms with Crippen molar-refractivity contribution in [1.29, 1.82) is 0 Å². The van der Waals surface area contributed by atoms with Gasteiger partial charge in [-0.2, -0.15) is 0 Å². The molecule has 4 heterocycles. The zero-order valence-corrected chi connectivity index (χ0v) is 19.6. The van der Waals surface area contributed by atoms with Crippen molar-refractivity contribution < 1.29 is 4.79 Å². The van der Waals surface area contributed by atoms with Crippen LogP contribution in [0.15, 0.2) is 42.7 Å². The Morgan fingerprint density at radius 2 is 1.52 bits per heavy atom. The van der Waals surface area contributed by atoms with Crippen LogP contribution in [0.1, 0.15) is 37.7 Å². The third-order valence-corrected chi connectivity index (χ3v) is 7.46. The summed E-state index contributed by atoms with van der Waals surface area (Å²) in [5.74, 6) is 1.13. The highest BCUT2D eigenvalue weighted by atomic mass is 16.2. The van der Waals surface area contributed by atoms with Gasteiger partial charge in [-0.3, -0.25) is 9.69 Å². The molecular formula is C26H36N6O. The van der Waals surface area contributed by atoms with E-state index in [9.17, 15) is 4.79 Å². The summed E-state index contributed by atoms with van der Waals surface area (Å²) in [6.45, 7) is 8.34. The van der Waals surface area contributed by atoms with Crippen molar-refractivity contribution >= 4 is 17.5 Å². The largest absolute Gasteiger partial charge is 0.371 e. The van der Waals surface area contributed by atoms with Gasteiger partial charge in [0.25, 0.3) is 0 Å². The fourth-order valence-electron chi connectivity index (χ4n) is 5.52. The summed E-state index contributed by atoms with van der Waals surface area (Å²) >= 11 is 0. The van der Waals surface area contributed by atoms with E-state index in [4.69, 9.17) is 0 Å². The lowest BCUT2D eigenvalue weighted by Gasteiger charge is -2.39. The molecule has 0 spiro atoms. The molecule has 176 valence electrons. The average Bonchev–Trinajstić information content (AvgIpc) is 3.30. The first-order chi connectivity index (χ1) is 16.3. The first-order valence-electron chi connectivity index (χ1n) is 12.6. The monoisotopic (exact) mass is 448 g/mol. The molecule has 33 heavy (non-hydrogen) atoms. The Kier molecular flexibility index (Phi) is 7.05. The van der Waals surface area contributed by atoms with Crippen LogP contribution in [0.5, 0.6) is 0 Å². The van der Waals surface area contributed by atoms with Gasteiger partial charge >= 0.3 is 0 Å². The Morgan fingerprint density at radius 3 is 2.24 bits per heavy atom. The molecule has 1 amide bonds. The van der Waals surface area contributed by atoms with Gasteiger partial charge in [-0.1, -0.05) is 12.1 Å². The highest BCUT2D eigenvalue weighted by Crippen LogP contribution is 2.24. The molecule has 2 aromatic rings.